The van der Waals surface area contributed by atoms with Gasteiger partial charge in [-0.25, -0.2) is 0 Å². The zero-order chi connectivity index (χ0) is 16.8. The zero-order valence-corrected chi connectivity index (χ0v) is 13.8. The maximum atomic E-state index is 12.5. The molecule has 1 aromatic carbocycles. The fourth-order valence-corrected chi connectivity index (χ4v) is 1.74. The highest BCUT2D eigenvalue weighted by atomic mass is 35.5. The van der Waals surface area contributed by atoms with Gasteiger partial charge in [0, 0.05) is 0 Å². The molecule has 8 heteroatoms. The van der Waals surface area contributed by atoms with Crippen LogP contribution in [-0.2, 0) is 11.0 Å². The first-order valence-electron chi connectivity index (χ1n) is 7.09. The van der Waals surface area contributed by atoms with Gasteiger partial charge in [0.1, 0.15) is 12.4 Å². The van der Waals surface area contributed by atoms with Crippen molar-refractivity contribution in [3.05, 3.63) is 29.8 Å². The Morgan fingerprint density at radius 1 is 1.39 bits per heavy atom. The monoisotopic (exact) mass is 354 g/mol. The van der Waals surface area contributed by atoms with Crippen LogP contribution in [0.5, 0.6) is 5.75 Å². The van der Waals surface area contributed by atoms with Crippen LogP contribution in [0.2, 0.25) is 0 Å². The molecular weight excluding hydrogens is 333 g/mol. The summed E-state index contributed by atoms with van der Waals surface area (Å²) >= 11 is 0. The van der Waals surface area contributed by atoms with E-state index in [1.165, 1.54) is 12.1 Å². The molecule has 2 atom stereocenters. The van der Waals surface area contributed by atoms with E-state index in [1.54, 1.807) is 0 Å². The third-order valence-electron chi connectivity index (χ3n) is 3.39. The number of hydrogen-bond acceptors (Lipinski definition) is 3. The molecule has 0 aliphatic rings. The highest BCUT2D eigenvalue weighted by Crippen LogP contribution is 2.31. The van der Waals surface area contributed by atoms with E-state index in [9.17, 15) is 18.0 Å². The van der Waals surface area contributed by atoms with Gasteiger partial charge in [-0.05, 0) is 24.1 Å². The second-order valence-electron chi connectivity index (χ2n) is 5.08. The lowest BCUT2D eigenvalue weighted by Crippen LogP contribution is -2.45. The highest BCUT2D eigenvalue weighted by molar-refractivity contribution is 5.85. The summed E-state index contributed by atoms with van der Waals surface area (Å²) in [7, 11) is 0. The Kier molecular flexibility index (Phi) is 9.01. The SMILES string of the molecule is CCC(C)C(N)C(=O)NCCOc1cccc(C(F)(F)F)c1.Cl. The normalized spacial score (nSPS) is 13.7. The minimum absolute atomic E-state index is 0. The quantitative estimate of drug-likeness (QED) is 0.740. The predicted octanol–water partition coefficient (Wildman–Crippen LogP) is 3.00. The molecule has 2 unspecified atom stereocenters. The molecule has 1 rings (SSSR count). The fraction of sp³-hybridized carbons (Fsp3) is 0.533. The molecule has 4 nitrogen and oxygen atoms in total. The minimum atomic E-state index is -4.41. The van der Waals surface area contributed by atoms with E-state index in [-0.39, 0.29) is 43.1 Å². The molecule has 0 bridgehead atoms. The smallest absolute Gasteiger partial charge is 0.416 e. The van der Waals surface area contributed by atoms with Crippen LogP contribution < -0.4 is 15.8 Å². The Bertz CT molecular complexity index is 498. The maximum Gasteiger partial charge on any atom is 0.416 e. The molecular formula is C15H22ClF3N2O2. The second-order valence-corrected chi connectivity index (χ2v) is 5.08. The van der Waals surface area contributed by atoms with E-state index in [0.717, 1.165) is 18.6 Å². The van der Waals surface area contributed by atoms with Gasteiger partial charge in [0.25, 0.3) is 0 Å². The first kappa shape index (κ1) is 21.5. The number of nitrogens with two attached hydrogens (primary N) is 1. The van der Waals surface area contributed by atoms with Crippen molar-refractivity contribution < 1.29 is 22.7 Å². The van der Waals surface area contributed by atoms with E-state index < -0.39 is 17.8 Å². The van der Waals surface area contributed by atoms with Crippen molar-refractivity contribution >= 4 is 18.3 Å². The van der Waals surface area contributed by atoms with E-state index in [0.29, 0.717) is 0 Å². The van der Waals surface area contributed by atoms with Gasteiger partial charge >= 0.3 is 6.18 Å². The van der Waals surface area contributed by atoms with Gasteiger partial charge in [-0.15, -0.1) is 12.4 Å². The lowest BCUT2D eigenvalue weighted by atomic mass is 9.99. The van der Waals surface area contributed by atoms with Crippen LogP contribution in [0.15, 0.2) is 24.3 Å². The number of alkyl halides is 3. The van der Waals surface area contributed by atoms with Crippen LogP contribution >= 0.6 is 12.4 Å². The highest BCUT2D eigenvalue weighted by Gasteiger charge is 2.30. The predicted molar refractivity (Wildman–Crippen MR) is 84.6 cm³/mol. The van der Waals surface area contributed by atoms with Gasteiger partial charge < -0.3 is 15.8 Å². The molecule has 0 saturated heterocycles. The van der Waals surface area contributed by atoms with Gasteiger partial charge in [0.15, 0.2) is 0 Å². The lowest BCUT2D eigenvalue weighted by Gasteiger charge is -2.17. The van der Waals surface area contributed by atoms with Gasteiger partial charge in [0.05, 0.1) is 18.2 Å². The number of halogens is 4. The van der Waals surface area contributed by atoms with Crippen molar-refractivity contribution in [2.75, 3.05) is 13.2 Å². The van der Waals surface area contributed by atoms with Gasteiger partial charge in [0.2, 0.25) is 5.91 Å². The van der Waals surface area contributed by atoms with Crippen molar-refractivity contribution in [1.82, 2.24) is 5.32 Å². The molecule has 0 saturated carbocycles. The molecule has 0 radical (unpaired) electrons. The van der Waals surface area contributed by atoms with Crippen LogP contribution in [0.25, 0.3) is 0 Å². The van der Waals surface area contributed by atoms with E-state index in [1.807, 2.05) is 13.8 Å². The first-order valence-corrected chi connectivity index (χ1v) is 7.09. The Hall–Kier alpha value is -1.47. The van der Waals surface area contributed by atoms with E-state index in [4.69, 9.17) is 10.5 Å². The number of carbonyl (C=O) groups excluding carboxylic acids is 1. The van der Waals surface area contributed by atoms with Gasteiger partial charge in [-0.3, -0.25) is 4.79 Å². The standard InChI is InChI=1S/C15H21F3N2O2.ClH/c1-3-10(2)13(19)14(21)20-7-8-22-12-6-4-5-11(9-12)15(16,17)18;/h4-6,9-10,13H,3,7-8,19H2,1-2H3,(H,20,21);1H. The third kappa shape index (κ3) is 7.09. The molecule has 0 spiro atoms. The van der Waals surface area contributed by atoms with Crippen molar-refractivity contribution in [3.63, 3.8) is 0 Å². The number of benzene rings is 1. The van der Waals surface area contributed by atoms with Crippen molar-refractivity contribution in [3.8, 4) is 5.75 Å². The minimum Gasteiger partial charge on any atom is -0.492 e. The van der Waals surface area contributed by atoms with Gasteiger partial charge in [-0.1, -0.05) is 26.3 Å². The summed E-state index contributed by atoms with van der Waals surface area (Å²) in [4.78, 5) is 11.7. The van der Waals surface area contributed by atoms with Crippen molar-refractivity contribution in [1.29, 1.82) is 0 Å². The number of ether oxygens (including phenoxy) is 1. The van der Waals surface area contributed by atoms with Gasteiger partial charge in [-0.2, -0.15) is 13.2 Å². The van der Waals surface area contributed by atoms with Crippen molar-refractivity contribution in [2.45, 2.75) is 32.5 Å². The fourth-order valence-electron chi connectivity index (χ4n) is 1.74. The number of carbonyl (C=O) groups is 1. The summed E-state index contributed by atoms with van der Waals surface area (Å²) in [5, 5.41) is 2.60. The largest absolute Gasteiger partial charge is 0.492 e. The summed E-state index contributed by atoms with van der Waals surface area (Å²) < 4.78 is 42.8. The van der Waals surface area contributed by atoms with Crippen LogP contribution in [0.4, 0.5) is 13.2 Å². The third-order valence-corrected chi connectivity index (χ3v) is 3.39. The number of hydrogen-bond donors (Lipinski definition) is 2. The summed E-state index contributed by atoms with van der Waals surface area (Å²) in [6.45, 7) is 4.07. The Morgan fingerprint density at radius 3 is 2.61 bits per heavy atom. The summed E-state index contributed by atoms with van der Waals surface area (Å²) in [6.07, 6.45) is -3.62. The topological polar surface area (TPSA) is 64.4 Å². The molecule has 0 aliphatic carbocycles. The lowest BCUT2D eigenvalue weighted by molar-refractivity contribution is -0.137. The molecule has 23 heavy (non-hydrogen) atoms. The molecule has 0 aromatic heterocycles. The molecule has 1 aromatic rings. The van der Waals surface area contributed by atoms with E-state index in [2.05, 4.69) is 5.32 Å². The first-order chi connectivity index (χ1) is 10.3. The average Bonchev–Trinajstić information content (AvgIpc) is 2.49. The Labute approximate surface area is 140 Å². The number of nitrogens with one attached hydrogen (secondary N) is 1. The Balaban J connectivity index is 0.00000484. The van der Waals surface area contributed by atoms with Crippen LogP contribution in [-0.4, -0.2) is 25.1 Å². The molecule has 132 valence electrons. The average molecular weight is 355 g/mol. The zero-order valence-electron chi connectivity index (χ0n) is 13.0. The molecule has 0 heterocycles. The van der Waals surface area contributed by atoms with Crippen LogP contribution in [0.1, 0.15) is 25.8 Å². The maximum absolute atomic E-state index is 12.5. The Morgan fingerprint density at radius 2 is 2.04 bits per heavy atom. The second kappa shape index (κ2) is 9.62. The molecule has 0 aliphatic heterocycles. The van der Waals surface area contributed by atoms with Crippen molar-refractivity contribution in [2.24, 2.45) is 11.7 Å². The van der Waals surface area contributed by atoms with Crippen LogP contribution in [0.3, 0.4) is 0 Å². The summed E-state index contributed by atoms with van der Waals surface area (Å²) in [6, 6.07) is 4.00. The molecule has 3 N–H and O–H groups in total. The summed E-state index contributed by atoms with van der Waals surface area (Å²) in [5.41, 5.74) is 4.98. The number of rotatable bonds is 7. The molecule has 0 fully saturated rings. The molecule has 1 amide bonds. The van der Waals surface area contributed by atoms with Crippen LogP contribution in [0, 0.1) is 5.92 Å². The summed E-state index contributed by atoms with van der Waals surface area (Å²) in [5.74, 6) is -0.123. The van der Waals surface area contributed by atoms with E-state index >= 15 is 0 Å². The number of amides is 1.